The number of halogens is 4. The van der Waals surface area contributed by atoms with Gasteiger partial charge in [-0.05, 0) is 40.9 Å². The molecule has 0 spiro atoms. The summed E-state index contributed by atoms with van der Waals surface area (Å²) in [7, 11) is 0. The Balaban J connectivity index is 2.35. The van der Waals surface area contributed by atoms with Gasteiger partial charge in [0, 0.05) is 17.5 Å². The highest BCUT2D eigenvalue weighted by molar-refractivity contribution is 9.11. The zero-order valence-electron chi connectivity index (χ0n) is 9.18. The molecule has 2 N–H and O–H groups in total. The first kappa shape index (κ1) is 14.9. The third-order valence-corrected chi connectivity index (χ3v) is 3.73. The van der Waals surface area contributed by atoms with Crippen LogP contribution < -0.4 is 5.73 Å². The van der Waals surface area contributed by atoms with Crippen LogP contribution in [0.5, 0.6) is 0 Å². The normalized spacial score (nSPS) is 14.0. The molecule has 7 heteroatoms. The predicted molar refractivity (Wildman–Crippen MR) is 65.2 cm³/mol. The molecule has 0 aromatic carbocycles. The first-order chi connectivity index (χ1) is 7.79. The molecule has 98 valence electrons. The highest BCUT2D eigenvalue weighted by atomic mass is 79.9. The number of hydrogen-bond acceptors (Lipinski definition) is 3. The average molecular weight is 332 g/mol. The van der Waals surface area contributed by atoms with Crippen LogP contribution in [-0.2, 0) is 4.74 Å². The van der Waals surface area contributed by atoms with Gasteiger partial charge >= 0.3 is 6.18 Å². The van der Waals surface area contributed by atoms with E-state index in [1.165, 1.54) is 0 Å². The zero-order chi connectivity index (χ0) is 13.1. The number of ether oxygens (including phenoxy) is 1. The minimum absolute atomic E-state index is 0.00752. The molecular weight excluding hydrogens is 319 g/mol. The van der Waals surface area contributed by atoms with Gasteiger partial charge in [0.05, 0.1) is 3.79 Å². The highest BCUT2D eigenvalue weighted by Gasteiger charge is 2.27. The van der Waals surface area contributed by atoms with Gasteiger partial charge in [-0.2, -0.15) is 13.2 Å². The molecule has 0 saturated carbocycles. The van der Waals surface area contributed by atoms with Gasteiger partial charge in [-0.25, -0.2) is 0 Å². The van der Waals surface area contributed by atoms with Crippen molar-refractivity contribution in [2.45, 2.75) is 25.6 Å². The largest absolute Gasteiger partial charge is 0.411 e. The van der Waals surface area contributed by atoms with Crippen LogP contribution in [0.1, 0.15) is 22.9 Å². The van der Waals surface area contributed by atoms with Crippen LogP contribution in [0.4, 0.5) is 13.2 Å². The lowest BCUT2D eigenvalue weighted by molar-refractivity contribution is -0.174. The molecule has 1 aromatic heterocycles. The highest BCUT2D eigenvalue weighted by Crippen LogP contribution is 2.30. The molecule has 0 amide bonds. The lowest BCUT2D eigenvalue weighted by Gasteiger charge is -2.12. The molecule has 1 aromatic rings. The van der Waals surface area contributed by atoms with Gasteiger partial charge < -0.3 is 10.5 Å². The van der Waals surface area contributed by atoms with Crippen LogP contribution in [0.15, 0.2) is 9.85 Å². The Morgan fingerprint density at radius 3 is 2.65 bits per heavy atom. The fourth-order valence-electron chi connectivity index (χ4n) is 1.38. The van der Waals surface area contributed by atoms with Crippen molar-refractivity contribution in [3.05, 3.63) is 20.3 Å². The van der Waals surface area contributed by atoms with E-state index in [0.29, 0.717) is 6.42 Å². The van der Waals surface area contributed by atoms with Crippen molar-refractivity contribution in [2.24, 2.45) is 5.73 Å². The van der Waals surface area contributed by atoms with E-state index in [1.807, 2.05) is 13.0 Å². The van der Waals surface area contributed by atoms with Crippen molar-refractivity contribution in [1.29, 1.82) is 0 Å². The molecule has 1 rings (SSSR count). The number of aryl methyl sites for hydroxylation is 1. The number of hydrogen-bond donors (Lipinski definition) is 1. The topological polar surface area (TPSA) is 35.2 Å². The molecule has 1 atom stereocenters. The number of alkyl halides is 3. The van der Waals surface area contributed by atoms with Crippen molar-refractivity contribution in [3.63, 3.8) is 0 Å². The summed E-state index contributed by atoms with van der Waals surface area (Å²) >= 11 is 4.90. The number of nitrogens with two attached hydrogens (primary N) is 1. The molecule has 17 heavy (non-hydrogen) atoms. The van der Waals surface area contributed by atoms with Crippen molar-refractivity contribution in [2.75, 3.05) is 13.2 Å². The Hall–Kier alpha value is -0.110. The summed E-state index contributed by atoms with van der Waals surface area (Å²) < 4.78 is 40.9. The molecule has 0 radical (unpaired) electrons. The summed E-state index contributed by atoms with van der Waals surface area (Å²) in [5, 5.41) is 0. The molecule has 0 aliphatic carbocycles. The Bertz CT molecular complexity index is 367. The van der Waals surface area contributed by atoms with E-state index in [0.717, 1.165) is 14.2 Å². The first-order valence-electron chi connectivity index (χ1n) is 4.95. The smallest absolute Gasteiger partial charge is 0.372 e. The van der Waals surface area contributed by atoms with Gasteiger partial charge in [-0.15, -0.1) is 11.3 Å². The second kappa shape index (κ2) is 6.17. The third kappa shape index (κ3) is 5.37. The van der Waals surface area contributed by atoms with E-state index in [9.17, 15) is 13.2 Å². The summed E-state index contributed by atoms with van der Waals surface area (Å²) in [6.07, 6.45) is -3.90. The van der Waals surface area contributed by atoms with Gasteiger partial charge in [0.2, 0.25) is 0 Å². The summed E-state index contributed by atoms with van der Waals surface area (Å²) in [5.74, 6) is 0. The molecule has 2 nitrogen and oxygen atoms in total. The average Bonchev–Trinajstić information content (AvgIpc) is 2.51. The molecule has 0 aliphatic rings. The second-order valence-corrected chi connectivity index (χ2v) is 6.26. The second-order valence-electron chi connectivity index (χ2n) is 3.62. The van der Waals surface area contributed by atoms with Gasteiger partial charge in [-0.3, -0.25) is 0 Å². The lowest BCUT2D eigenvalue weighted by Crippen LogP contribution is -2.19. The fourth-order valence-corrected chi connectivity index (χ4v) is 3.16. The summed E-state index contributed by atoms with van der Waals surface area (Å²) in [6.45, 7) is 0.723. The maximum Gasteiger partial charge on any atom is 0.411 e. The van der Waals surface area contributed by atoms with Crippen LogP contribution in [-0.4, -0.2) is 19.4 Å². The van der Waals surface area contributed by atoms with Crippen molar-refractivity contribution < 1.29 is 17.9 Å². The van der Waals surface area contributed by atoms with Crippen LogP contribution in [0.2, 0.25) is 0 Å². The van der Waals surface area contributed by atoms with Crippen LogP contribution in [0.3, 0.4) is 0 Å². The Labute approximate surface area is 110 Å². The van der Waals surface area contributed by atoms with E-state index in [1.54, 1.807) is 11.3 Å². The maximum absolute atomic E-state index is 11.8. The van der Waals surface area contributed by atoms with E-state index in [2.05, 4.69) is 20.7 Å². The fraction of sp³-hybridized carbons (Fsp3) is 0.600. The van der Waals surface area contributed by atoms with Crippen molar-refractivity contribution in [3.8, 4) is 0 Å². The Morgan fingerprint density at radius 1 is 1.53 bits per heavy atom. The maximum atomic E-state index is 11.8. The minimum Gasteiger partial charge on any atom is -0.372 e. The number of rotatable bonds is 5. The SMILES string of the molecule is Cc1sc(Br)cc1C(N)CCOCC(F)(F)F. The molecule has 0 fully saturated rings. The molecule has 1 unspecified atom stereocenters. The summed E-state index contributed by atoms with van der Waals surface area (Å²) in [6, 6.07) is 1.61. The van der Waals surface area contributed by atoms with Crippen LogP contribution in [0, 0.1) is 6.92 Å². The Kier molecular flexibility index (Phi) is 5.43. The van der Waals surface area contributed by atoms with E-state index >= 15 is 0 Å². The van der Waals surface area contributed by atoms with Gasteiger partial charge in [0.25, 0.3) is 0 Å². The van der Waals surface area contributed by atoms with Gasteiger partial charge in [-0.1, -0.05) is 0 Å². The quantitative estimate of drug-likeness (QED) is 0.833. The first-order valence-corrected chi connectivity index (χ1v) is 6.56. The van der Waals surface area contributed by atoms with Crippen molar-refractivity contribution in [1.82, 2.24) is 0 Å². The monoisotopic (exact) mass is 331 g/mol. The van der Waals surface area contributed by atoms with Crippen LogP contribution >= 0.6 is 27.3 Å². The van der Waals surface area contributed by atoms with E-state index < -0.39 is 12.8 Å². The summed E-state index contributed by atoms with van der Waals surface area (Å²) in [4.78, 5) is 1.07. The van der Waals surface area contributed by atoms with E-state index in [-0.39, 0.29) is 12.6 Å². The molecule has 1 heterocycles. The summed E-state index contributed by atoms with van der Waals surface area (Å²) in [5.41, 5.74) is 6.84. The lowest BCUT2D eigenvalue weighted by atomic mass is 10.1. The number of thiophene rings is 1. The zero-order valence-corrected chi connectivity index (χ0v) is 11.6. The van der Waals surface area contributed by atoms with E-state index in [4.69, 9.17) is 5.73 Å². The molecule has 0 saturated heterocycles. The van der Waals surface area contributed by atoms with Crippen LogP contribution in [0.25, 0.3) is 0 Å². The molecule has 0 aliphatic heterocycles. The van der Waals surface area contributed by atoms with Gasteiger partial charge in [0.15, 0.2) is 0 Å². The standard InChI is InChI=1S/C10H13BrF3NOS/c1-6-7(4-9(11)17-6)8(15)2-3-16-5-10(12,13)14/h4,8H,2-3,5,15H2,1H3. The molecule has 0 bridgehead atoms. The van der Waals surface area contributed by atoms with Crippen molar-refractivity contribution >= 4 is 27.3 Å². The third-order valence-electron chi connectivity index (χ3n) is 2.16. The Morgan fingerprint density at radius 2 is 2.18 bits per heavy atom. The molecular formula is C10H13BrF3NOS. The van der Waals surface area contributed by atoms with Gasteiger partial charge in [0.1, 0.15) is 6.61 Å². The minimum atomic E-state index is -4.27. The predicted octanol–water partition coefficient (Wildman–Crippen LogP) is 3.79.